The average molecular weight is 347 g/mol. The highest BCUT2D eigenvalue weighted by Crippen LogP contribution is 2.26. The zero-order valence-corrected chi connectivity index (χ0v) is 14.6. The van der Waals surface area contributed by atoms with E-state index < -0.39 is 0 Å². The van der Waals surface area contributed by atoms with Crippen LogP contribution < -0.4 is 20.1 Å². The molecular weight excluding hydrogens is 326 g/mol. The molecule has 2 N–H and O–H groups in total. The second-order valence-corrected chi connectivity index (χ2v) is 6.51. The van der Waals surface area contributed by atoms with Gasteiger partial charge in [-0.3, -0.25) is 4.79 Å². The van der Waals surface area contributed by atoms with Gasteiger partial charge in [-0.2, -0.15) is 0 Å². The fourth-order valence-corrected chi connectivity index (χ4v) is 3.60. The van der Waals surface area contributed by atoms with Crippen molar-refractivity contribution in [1.29, 1.82) is 0 Å². The Morgan fingerprint density at radius 2 is 2.08 bits per heavy atom. The second kappa shape index (κ2) is 7.63. The third kappa shape index (κ3) is 3.85. The smallest absolute Gasteiger partial charge is 0.271 e. The van der Waals surface area contributed by atoms with Gasteiger partial charge in [-0.1, -0.05) is 0 Å². The lowest BCUT2D eigenvalue weighted by molar-refractivity contribution is 0.0946. The third-order valence-corrected chi connectivity index (χ3v) is 4.94. The number of carbonyl (C=O) groups excluding carboxylic acids is 1. The zero-order valence-electron chi connectivity index (χ0n) is 13.8. The molecule has 1 saturated heterocycles. The Kier molecular flexibility index (Phi) is 5.32. The Morgan fingerprint density at radius 1 is 1.33 bits per heavy atom. The average Bonchev–Trinajstić information content (AvgIpc) is 3.30. The van der Waals surface area contributed by atoms with Crippen LogP contribution in [0.4, 0.5) is 0 Å². The summed E-state index contributed by atoms with van der Waals surface area (Å²) in [6, 6.07) is 5.83. The minimum Gasteiger partial charge on any atom is -0.497 e. The summed E-state index contributed by atoms with van der Waals surface area (Å²) in [6.45, 7) is 1.41. The van der Waals surface area contributed by atoms with Gasteiger partial charge >= 0.3 is 0 Å². The van der Waals surface area contributed by atoms with Gasteiger partial charge in [0.1, 0.15) is 22.2 Å². The SMILES string of the molecule is COc1cc(CNC(=O)c2csc(C3CCCN3)n2)cc(OC)c1. The lowest BCUT2D eigenvalue weighted by Crippen LogP contribution is -2.23. The molecule has 2 aromatic rings. The summed E-state index contributed by atoms with van der Waals surface area (Å²) in [5, 5.41) is 9.10. The number of nitrogens with zero attached hydrogens (tertiary/aromatic N) is 1. The molecular formula is C17H21N3O3S. The van der Waals surface area contributed by atoms with E-state index in [0.29, 0.717) is 29.8 Å². The summed E-state index contributed by atoms with van der Waals surface area (Å²) in [6.07, 6.45) is 2.24. The van der Waals surface area contributed by atoms with Crippen molar-refractivity contribution >= 4 is 17.2 Å². The van der Waals surface area contributed by atoms with E-state index in [9.17, 15) is 4.79 Å². The molecule has 1 unspecified atom stereocenters. The van der Waals surface area contributed by atoms with Crippen LogP contribution in [-0.4, -0.2) is 31.7 Å². The molecule has 128 valence electrons. The summed E-state index contributed by atoms with van der Waals surface area (Å²) >= 11 is 1.53. The predicted octanol–water partition coefficient (Wildman–Crippen LogP) is 2.51. The number of ether oxygens (including phenoxy) is 2. The standard InChI is InChI=1S/C17H21N3O3S/c1-22-12-6-11(7-13(8-12)23-2)9-19-16(21)15-10-24-17(20-15)14-4-3-5-18-14/h6-8,10,14,18H,3-5,9H2,1-2H3,(H,19,21). The van der Waals surface area contributed by atoms with Crippen molar-refractivity contribution in [2.24, 2.45) is 0 Å². The monoisotopic (exact) mass is 347 g/mol. The number of nitrogens with one attached hydrogen (secondary N) is 2. The Morgan fingerprint density at radius 3 is 2.71 bits per heavy atom. The number of benzene rings is 1. The van der Waals surface area contributed by atoms with Gasteiger partial charge in [0.05, 0.1) is 20.3 Å². The molecule has 1 aliphatic heterocycles. The Bertz CT molecular complexity index is 689. The molecule has 3 rings (SSSR count). The maximum Gasteiger partial charge on any atom is 0.271 e. The molecule has 2 heterocycles. The summed E-state index contributed by atoms with van der Waals surface area (Å²) in [7, 11) is 3.20. The lowest BCUT2D eigenvalue weighted by Gasteiger charge is -2.09. The van der Waals surface area contributed by atoms with E-state index in [4.69, 9.17) is 9.47 Å². The van der Waals surface area contributed by atoms with Gasteiger partial charge < -0.3 is 20.1 Å². The molecule has 24 heavy (non-hydrogen) atoms. The van der Waals surface area contributed by atoms with E-state index in [2.05, 4.69) is 15.6 Å². The van der Waals surface area contributed by atoms with Gasteiger partial charge in [0.2, 0.25) is 0 Å². The first-order chi connectivity index (χ1) is 11.7. The largest absolute Gasteiger partial charge is 0.497 e. The van der Waals surface area contributed by atoms with E-state index in [-0.39, 0.29) is 5.91 Å². The number of rotatable bonds is 6. The van der Waals surface area contributed by atoms with E-state index in [1.54, 1.807) is 20.3 Å². The quantitative estimate of drug-likeness (QED) is 0.840. The van der Waals surface area contributed by atoms with Crippen LogP contribution in [0.15, 0.2) is 23.6 Å². The summed E-state index contributed by atoms with van der Waals surface area (Å²) in [4.78, 5) is 16.8. The fraction of sp³-hybridized carbons (Fsp3) is 0.412. The molecule has 6 nitrogen and oxygen atoms in total. The van der Waals surface area contributed by atoms with Crippen LogP contribution in [0, 0.1) is 0 Å². The van der Waals surface area contributed by atoms with Gasteiger partial charge in [0, 0.05) is 18.0 Å². The predicted molar refractivity (Wildman–Crippen MR) is 92.8 cm³/mol. The normalized spacial score (nSPS) is 16.8. The van der Waals surface area contributed by atoms with Gasteiger partial charge in [-0.15, -0.1) is 11.3 Å². The number of aromatic nitrogens is 1. The van der Waals surface area contributed by atoms with E-state index in [1.165, 1.54) is 11.3 Å². The van der Waals surface area contributed by atoms with E-state index in [1.807, 2.05) is 17.5 Å². The summed E-state index contributed by atoms with van der Waals surface area (Å²) in [5.74, 6) is 1.22. The van der Waals surface area contributed by atoms with E-state index in [0.717, 1.165) is 30.0 Å². The minimum atomic E-state index is -0.169. The molecule has 1 fully saturated rings. The lowest BCUT2D eigenvalue weighted by atomic mass is 10.2. The molecule has 1 atom stereocenters. The van der Waals surface area contributed by atoms with Crippen LogP contribution in [0.3, 0.4) is 0 Å². The number of carbonyl (C=O) groups is 1. The molecule has 0 bridgehead atoms. The molecule has 1 aromatic carbocycles. The zero-order chi connectivity index (χ0) is 16.9. The third-order valence-electron chi connectivity index (χ3n) is 3.98. The highest BCUT2D eigenvalue weighted by atomic mass is 32.1. The topological polar surface area (TPSA) is 72.5 Å². The van der Waals surface area contributed by atoms with Crippen molar-refractivity contribution in [3.63, 3.8) is 0 Å². The highest BCUT2D eigenvalue weighted by molar-refractivity contribution is 7.09. The fourth-order valence-electron chi connectivity index (χ4n) is 2.69. The molecule has 7 heteroatoms. The Labute approximate surface area is 145 Å². The van der Waals surface area contributed by atoms with Crippen molar-refractivity contribution in [3.8, 4) is 11.5 Å². The molecule has 0 spiro atoms. The first kappa shape index (κ1) is 16.7. The van der Waals surface area contributed by atoms with Gasteiger partial charge in [-0.25, -0.2) is 4.98 Å². The summed E-state index contributed by atoms with van der Waals surface area (Å²) < 4.78 is 10.5. The van der Waals surface area contributed by atoms with Gasteiger partial charge in [0.15, 0.2) is 0 Å². The van der Waals surface area contributed by atoms with Gasteiger partial charge in [-0.05, 0) is 37.1 Å². The molecule has 1 amide bonds. The Hall–Kier alpha value is -2.12. The van der Waals surface area contributed by atoms with Crippen molar-refractivity contribution < 1.29 is 14.3 Å². The number of methoxy groups -OCH3 is 2. The number of thiazole rings is 1. The Balaban J connectivity index is 1.63. The van der Waals surface area contributed by atoms with Crippen LogP contribution in [0.25, 0.3) is 0 Å². The van der Waals surface area contributed by atoms with Gasteiger partial charge in [0.25, 0.3) is 5.91 Å². The van der Waals surface area contributed by atoms with Crippen LogP contribution in [-0.2, 0) is 6.54 Å². The summed E-state index contributed by atoms with van der Waals surface area (Å²) in [5.41, 5.74) is 1.38. The van der Waals surface area contributed by atoms with Crippen molar-refractivity contribution in [2.45, 2.75) is 25.4 Å². The van der Waals surface area contributed by atoms with Crippen LogP contribution >= 0.6 is 11.3 Å². The molecule has 0 aliphatic carbocycles. The van der Waals surface area contributed by atoms with Crippen molar-refractivity contribution in [3.05, 3.63) is 39.8 Å². The number of amides is 1. The van der Waals surface area contributed by atoms with Crippen molar-refractivity contribution in [2.75, 3.05) is 20.8 Å². The van der Waals surface area contributed by atoms with Crippen molar-refractivity contribution in [1.82, 2.24) is 15.6 Å². The second-order valence-electron chi connectivity index (χ2n) is 5.62. The number of hydrogen-bond donors (Lipinski definition) is 2. The molecule has 0 saturated carbocycles. The minimum absolute atomic E-state index is 0.169. The molecule has 1 aromatic heterocycles. The van der Waals surface area contributed by atoms with Crippen LogP contribution in [0.5, 0.6) is 11.5 Å². The van der Waals surface area contributed by atoms with E-state index >= 15 is 0 Å². The first-order valence-electron chi connectivity index (χ1n) is 7.88. The highest BCUT2D eigenvalue weighted by Gasteiger charge is 2.21. The van der Waals surface area contributed by atoms with Crippen LogP contribution in [0.2, 0.25) is 0 Å². The molecule has 0 radical (unpaired) electrons. The molecule has 1 aliphatic rings. The maximum absolute atomic E-state index is 12.3. The van der Waals surface area contributed by atoms with Crippen LogP contribution in [0.1, 0.15) is 39.9 Å². The maximum atomic E-state index is 12.3. The first-order valence-corrected chi connectivity index (χ1v) is 8.76. The number of hydrogen-bond acceptors (Lipinski definition) is 6.